The van der Waals surface area contributed by atoms with E-state index in [4.69, 9.17) is 9.47 Å². The van der Waals surface area contributed by atoms with E-state index in [0.29, 0.717) is 11.8 Å². The van der Waals surface area contributed by atoms with Crippen LogP contribution >= 0.6 is 0 Å². The minimum atomic E-state index is 0.554. The molecule has 0 saturated heterocycles. The lowest BCUT2D eigenvalue weighted by Gasteiger charge is -2.14. The molecule has 0 bridgehead atoms. The molecule has 1 aliphatic carbocycles. The standard InChI is InChI=1S/C17H27N3O2/c1-5-7-12-10-14(12)20-17(18-6-2)19-13-8-9-15(21-3)16(11-13)22-4/h8-9,11-12,14H,5-7,10H2,1-4H3,(H2,18,19,20). The molecule has 2 unspecified atom stereocenters. The molecule has 122 valence electrons. The summed E-state index contributed by atoms with van der Waals surface area (Å²) in [6, 6.07) is 6.33. The highest BCUT2D eigenvalue weighted by Crippen LogP contribution is 2.34. The summed E-state index contributed by atoms with van der Waals surface area (Å²) in [5, 5.41) is 6.85. The third-order valence-electron chi connectivity index (χ3n) is 3.87. The normalized spacial score (nSPS) is 20.5. The quantitative estimate of drug-likeness (QED) is 0.599. The summed E-state index contributed by atoms with van der Waals surface area (Å²) in [5.41, 5.74) is 0.935. The topological polar surface area (TPSA) is 54.9 Å². The molecule has 2 rings (SSSR count). The van der Waals surface area contributed by atoms with Crippen molar-refractivity contribution in [2.45, 2.75) is 39.2 Å². The zero-order valence-corrected chi connectivity index (χ0v) is 14.0. The summed E-state index contributed by atoms with van der Waals surface area (Å²) < 4.78 is 10.6. The fourth-order valence-corrected chi connectivity index (χ4v) is 2.62. The van der Waals surface area contributed by atoms with E-state index in [1.807, 2.05) is 25.1 Å². The second-order valence-electron chi connectivity index (χ2n) is 5.55. The van der Waals surface area contributed by atoms with E-state index >= 15 is 0 Å². The van der Waals surface area contributed by atoms with Gasteiger partial charge in [0.2, 0.25) is 0 Å². The second kappa shape index (κ2) is 7.92. The summed E-state index contributed by atoms with van der Waals surface area (Å²) in [6.07, 6.45) is 3.77. The summed E-state index contributed by atoms with van der Waals surface area (Å²) in [4.78, 5) is 4.51. The van der Waals surface area contributed by atoms with Crippen LogP contribution in [0.3, 0.4) is 0 Å². The first-order valence-corrected chi connectivity index (χ1v) is 8.01. The first kappa shape index (κ1) is 16.5. The van der Waals surface area contributed by atoms with Gasteiger partial charge in [-0.3, -0.25) is 4.99 Å². The Hall–Kier alpha value is -1.91. The number of ether oxygens (including phenoxy) is 2. The summed E-state index contributed by atoms with van der Waals surface area (Å²) in [6.45, 7) is 5.01. The molecule has 1 aromatic rings. The van der Waals surface area contributed by atoms with Crippen molar-refractivity contribution in [1.82, 2.24) is 5.32 Å². The first-order chi connectivity index (χ1) is 10.7. The Balaban J connectivity index is 2.01. The lowest BCUT2D eigenvalue weighted by atomic mass is 10.2. The highest BCUT2D eigenvalue weighted by Gasteiger charge is 2.36. The number of nitrogens with zero attached hydrogens (tertiary/aromatic N) is 1. The summed E-state index contributed by atoms with van der Waals surface area (Å²) in [5.74, 6) is 3.05. The predicted molar refractivity (Wildman–Crippen MR) is 91.1 cm³/mol. The SMILES string of the molecule is CCCC1CC1NC(=NCC)Nc1ccc(OC)c(OC)c1. The van der Waals surface area contributed by atoms with E-state index in [9.17, 15) is 0 Å². The van der Waals surface area contributed by atoms with Crippen LogP contribution in [0.1, 0.15) is 33.1 Å². The van der Waals surface area contributed by atoms with E-state index in [0.717, 1.165) is 29.9 Å². The highest BCUT2D eigenvalue weighted by atomic mass is 16.5. The average Bonchev–Trinajstić information content (AvgIpc) is 3.25. The zero-order valence-electron chi connectivity index (χ0n) is 14.0. The van der Waals surface area contributed by atoms with Crippen molar-refractivity contribution in [3.05, 3.63) is 18.2 Å². The predicted octanol–water partition coefficient (Wildman–Crippen LogP) is 3.27. The van der Waals surface area contributed by atoms with Gasteiger partial charge in [0, 0.05) is 24.3 Å². The largest absolute Gasteiger partial charge is 0.493 e. The molecule has 1 aromatic carbocycles. The maximum absolute atomic E-state index is 5.34. The van der Waals surface area contributed by atoms with Crippen molar-refractivity contribution in [2.24, 2.45) is 10.9 Å². The molecule has 0 aliphatic heterocycles. The van der Waals surface area contributed by atoms with Gasteiger partial charge in [-0.1, -0.05) is 13.3 Å². The van der Waals surface area contributed by atoms with Gasteiger partial charge in [0.25, 0.3) is 0 Å². The molecular weight excluding hydrogens is 278 g/mol. The average molecular weight is 305 g/mol. The smallest absolute Gasteiger partial charge is 0.196 e. The van der Waals surface area contributed by atoms with Crippen LogP contribution in [0.25, 0.3) is 0 Å². The van der Waals surface area contributed by atoms with Crippen molar-refractivity contribution >= 4 is 11.6 Å². The van der Waals surface area contributed by atoms with E-state index in [2.05, 4.69) is 22.5 Å². The van der Waals surface area contributed by atoms with Gasteiger partial charge in [0.05, 0.1) is 14.2 Å². The molecule has 0 radical (unpaired) electrons. The van der Waals surface area contributed by atoms with Crippen LogP contribution in [0.4, 0.5) is 5.69 Å². The molecule has 22 heavy (non-hydrogen) atoms. The van der Waals surface area contributed by atoms with Crippen molar-refractivity contribution in [2.75, 3.05) is 26.1 Å². The van der Waals surface area contributed by atoms with Crippen LogP contribution in [0.15, 0.2) is 23.2 Å². The van der Waals surface area contributed by atoms with Crippen LogP contribution in [0, 0.1) is 5.92 Å². The summed E-state index contributed by atoms with van der Waals surface area (Å²) in [7, 11) is 3.28. The minimum Gasteiger partial charge on any atom is -0.493 e. The third-order valence-corrected chi connectivity index (χ3v) is 3.87. The minimum absolute atomic E-state index is 0.554. The van der Waals surface area contributed by atoms with Gasteiger partial charge >= 0.3 is 0 Å². The van der Waals surface area contributed by atoms with Crippen LogP contribution in [-0.4, -0.2) is 32.8 Å². The molecule has 1 saturated carbocycles. The van der Waals surface area contributed by atoms with Gasteiger partial charge in [-0.2, -0.15) is 0 Å². The number of hydrogen-bond donors (Lipinski definition) is 2. The molecule has 1 fully saturated rings. The molecule has 1 aliphatic rings. The second-order valence-corrected chi connectivity index (χ2v) is 5.55. The van der Waals surface area contributed by atoms with Crippen molar-refractivity contribution in [1.29, 1.82) is 0 Å². The van der Waals surface area contributed by atoms with Gasteiger partial charge in [-0.25, -0.2) is 0 Å². The lowest BCUT2D eigenvalue weighted by molar-refractivity contribution is 0.355. The van der Waals surface area contributed by atoms with Crippen molar-refractivity contribution in [3.63, 3.8) is 0 Å². The third kappa shape index (κ3) is 4.29. The Bertz CT molecular complexity index is 517. The maximum atomic E-state index is 5.34. The molecular formula is C17H27N3O2. The fraction of sp³-hybridized carbons (Fsp3) is 0.588. The zero-order chi connectivity index (χ0) is 15.9. The molecule has 0 aromatic heterocycles. The molecule has 0 heterocycles. The number of rotatable bonds is 7. The Morgan fingerprint density at radius 2 is 2.00 bits per heavy atom. The molecule has 5 nitrogen and oxygen atoms in total. The molecule has 5 heteroatoms. The monoisotopic (exact) mass is 305 g/mol. The fourth-order valence-electron chi connectivity index (χ4n) is 2.62. The van der Waals surface area contributed by atoms with E-state index < -0.39 is 0 Å². The number of hydrogen-bond acceptors (Lipinski definition) is 3. The number of guanidine groups is 1. The Kier molecular flexibility index (Phi) is 5.92. The van der Waals surface area contributed by atoms with E-state index in [-0.39, 0.29) is 0 Å². The number of anilines is 1. The van der Waals surface area contributed by atoms with Gasteiger partial charge < -0.3 is 20.1 Å². The van der Waals surface area contributed by atoms with Gasteiger partial charge in [-0.05, 0) is 37.8 Å². The van der Waals surface area contributed by atoms with E-state index in [1.165, 1.54) is 19.3 Å². The molecule has 0 spiro atoms. The molecule has 0 amide bonds. The van der Waals surface area contributed by atoms with Crippen LogP contribution in [0.2, 0.25) is 0 Å². The van der Waals surface area contributed by atoms with Crippen LogP contribution in [0.5, 0.6) is 11.5 Å². The van der Waals surface area contributed by atoms with E-state index in [1.54, 1.807) is 14.2 Å². The highest BCUT2D eigenvalue weighted by molar-refractivity contribution is 5.94. The van der Waals surface area contributed by atoms with Crippen LogP contribution in [-0.2, 0) is 0 Å². The Morgan fingerprint density at radius 3 is 2.64 bits per heavy atom. The molecule has 2 atom stereocenters. The van der Waals surface area contributed by atoms with Crippen LogP contribution < -0.4 is 20.1 Å². The van der Waals surface area contributed by atoms with Gasteiger partial charge in [-0.15, -0.1) is 0 Å². The van der Waals surface area contributed by atoms with Crippen molar-refractivity contribution < 1.29 is 9.47 Å². The Morgan fingerprint density at radius 1 is 1.23 bits per heavy atom. The number of aliphatic imine (C=N–C) groups is 1. The van der Waals surface area contributed by atoms with Gasteiger partial charge in [0.15, 0.2) is 17.5 Å². The molecule has 2 N–H and O–H groups in total. The number of benzene rings is 1. The Labute approximate surface area is 133 Å². The van der Waals surface area contributed by atoms with Crippen molar-refractivity contribution in [3.8, 4) is 11.5 Å². The number of nitrogens with one attached hydrogen (secondary N) is 2. The lowest BCUT2D eigenvalue weighted by Crippen LogP contribution is -2.33. The number of methoxy groups -OCH3 is 2. The van der Waals surface area contributed by atoms with Gasteiger partial charge in [0.1, 0.15) is 0 Å². The summed E-state index contributed by atoms with van der Waals surface area (Å²) >= 11 is 0. The maximum Gasteiger partial charge on any atom is 0.196 e. The first-order valence-electron chi connectivity index (χ1n) is 8.01.